The predicted octanol–water partition coefficient (Wildman–Crippen LogP) is 0.887. The summed E-state index contributed by atoms with van der Waals surface area (Å²) in [6.45, 7) is 3.90. The fourth-order valence-corrected chi connectivity index (χ4v) is 2.76. The molecule has 7 heteroatoms. The van der Waals surface area contributed by atoms with Crippen molar-refractivity contribution < 1.29 is 19.1 Å². The van der Waals surface area contributed by atoms with Gasteiger partial charge in [0.25, 0.3) is 0 Å². The summed E-state index contributed by atoms with van der Waals surface area (Å²) in [7, 11) is 3.27. The second-order valence-corrected chi connectivity index (χ2v) is 5.94. The molecule has 1 aromatic carbocycles. The monoisotopic (exact) mass is 349 g/mol. The quantitative estimate of drug-likeness (QED) is 0.557. The fourth-order valence-electron chi connectivity index (χ4n) is 2.76. The van der Waals surface area contributed by atoms with E-state index in [1.807, 2.05) is 24.3 Å². The van der Waals surface area contributed by atoms with E-state index >= 15 is 0 Å². The highest BCUT2D eigenvalue weighted by Crippen LogP contribution is 2.20. The molecule has 0 spiro atoms. The van der Waals surface area contributed by atoms with Crippen LogP contribution in [0.3, 0.4) is 0 Å². The van der Waals surface area contributed by atoms with Gasteiger partial charge in [0.15, 0.2) is 0 Å². The minimum absolute atomic E-state index is 0.0878. The Morgan fingerprint density at radius 2 is 1.76 bits per heavy atom. The van der Waals surface area contributed by atoms with Gasteiger partial charge >= 0.3 is 0 Å². The lowest BCUT2D eigenvalue weighted by molar-refractivity contribution is -0.136. The number of hydrogen-bond acceptors (Lipinski definition) is 5. The van der Waals surface area contributed by atoms with Crippen molar-refractivity contribution in [2.75, 3.05) is 58.5 Å². The van der Waals surface area contributed by atoms with Crippen LogP contribution in [0.25, 0.3) is 0 Å². The number of nitrogens with zero attached hydrogens (tertiary/aromatic N) is 2. The summed E-state index contributed by atoms with van der Waals surface area (Å²) < 4.78 is 10.1. The van der Waals surface area contributed by atoms with Crippen LogP contribution in [-0.2, 0) is 14.3 Å². The first kappa shape index (κ1) is 19.1. The highest BCUT2D eigenvalue weighted by atomic mass is 16.5. The molecule has 1 aromatic rings. The summed E-state index contributed by atoms with van der Waals surface area (Å²) >= 11 is 0. The second kappa shape index (κ2) is 9.88. The van der Waals surface area contributed by atoms with Crippen LogP contribution in [0.2, 0.25) is 0 Å². The van der Waals surface area contributed by atoms with E-state index in [0.717, 1.165) is 30.9 Å². The third-order valence-corrected chi connectivity index (χ3v) is 4.23. The average Bonchev–Trinajstić information content (AvgIpc) is 2.65. The summed E-state index contributed by atoms with van der Waals surface area (Å²) in [6, 6.07) is 7.90. The molecular formula is C18H27N3O4. The van der Waals surface area contributed by atoms with Crippen molar-refractivity contribution in [2.24, 2.45) is 0 Å². The van der Waals surface area contributed by atoms with Crippen LogP contribution in [0.4, 0.5) is 5.69 Å². The maximum absolute atomic E-state index is 12.2. The summed E-state index contributed by atoms with van der Waals surface area (Å²) in [6.07, 6.45) is 0.659. The molecule has 138 valence electrons. The van der Waals surface area contributed by atoms with Crippen molar-refractivity contribution in [3.05, 3.63) is 24.3 Å². The maximum Gasteiger partial charge on any atom is 0.232 e. The highest BCUT2D eigenvalue weighted by molar-refractivity contribution is 5.96. The molecule has 7 nitrogen and oxygen atoms in total. The van der Waals surface area contributed by atoms with Gasteiger partial charge in [-0.2, -0.15) is 0 Å². The van der Waals surface area contributed by atoms with Gasteiger partial charge in [0.2, 0.25) is 11.8 Å². The average molecular weight is 349 g/mol. The van der Waals surface area contributed by atoms with Crippen molar-refractivity contribution >= 4 is 17.5 Å². The zero-order chi connectivity index (χ0) is 18.1. The number of rotatable bonds is 8. The molecule has 1 saturated heterocycles. The Morgan fingerprint density at radius 3 is 2.36 bits per heavy atom. The Balaban J connectivity index is 1.73. The van der Waals surface area contributed by atoms with E-state index in [0.29, 0.717) is 26.2 Å². The zero-order valence-corrected chi connectivity index (χ0v) is 15.0. The third-order valence-electron chi connectivity index (χ3n) is 4.23. The second-order valence-electron chi connectivity index (χ2n) is 5.94. The van der Waals surface area contributed by atoms with Gasteiger partial charge < -0.3 is 24.6 Å². The molecule has 1 heterocycles. The topological polar surface area (TPSA) is 71.1 Å². The Morgan fingerprint density at radius 1 is 1.08 bits per heavy atom. The summed E-state index contributed by atoms with van der Waals surface area (Å²) in [5.41, 5.74) is 1.11. The molecule has 1 fully saturated rings. The van der Waals surface area contributed by atoms with E-state index in [1.54, 1.807) is 19.1 Å². The number of carbonyl (C=O) groups is 2. The molecule has 0 unspecified atom stereocenters. The fraction of sp³-hybridized carbons (Fsp3) is 0.556. The standard InChI is InChI=1S/C18H27N3O4/c1-24-13-3-8-19-17(22)14-18(23)21-11-9-20(10-12-21)15-4-6-16(25-2)7-5-15/h4-7H,3,8-14H2,1-2H3,(H,19,22). The Hall–Kier alpha value is -2.28. The van der Waals surface area contributed by atoms with Gasteiger partial charge in [0.05, 0.1) is 7.11 Å². The molecule has 0 aromatic heterocycles. The Bertz CT molecular complexity index is 554. The Kier molecular flexibility index (Phi) is 7.53. The lowest BCUT2D eigenvalue weighted by atomic mass is 10.2. The minimum atomic E-state index is -0.223. The van der Waals surface area contributed by atoms with Crippen molar-refractivity contribution in [2.45, 2.75) is 12.8 Å². The summed E-state index contributed by atoms with van der Waals surface area (Å²) in [5.74, 6) is 0.492. The number of anilines is 1. The zero-order valence-electron chi connectivity index (χ0n) is 15.0. The van der Waals surface area contributed by atoms with Gasteiger partial charge in [-0.1, -0.05) is 0 Å². The first-order valence-corrected chi connectivity index (χ1v) is 8.56. The lowest BCUT2D eigenvalue weighted by Crippen LogP contribution is -2.49. The number of benzene rings is 1. The van der Waals surface area contributed by atoms with E-state index in [4.69, 9.17) is 9.47 Å². The minimum Gasteiger partial charge on any atom is -0.497 e. The molecule has 1 aliphatic heterocycles. The number of carbonyl (C=O) groups excluding carboxylic acids is 2. The number of amides is 2. The molecule has 0 saturated carbocycles. The van der Waals surface area contributed by atoms with Gasteiger partial charge in [-0.15, -0.1) is 0 Å². The molecule has 25 heavy (non-hydrogen) atoms. The molecule has 1 aliphatic rings. The normalized spacial score (nSPS) is 14.3. The molecule has 0 atom stereocenters. The van der Waals surface area contributed by atoms with E-state index in [2.05, 4.69) is 10.2 Å². The van der Waals surface area contributed by atoms with E-state index < -0.39 is 0 Å². The summed E-state index contributed by atoms with van der Waals surface area (Å²) in [4.78, 5) is 28.0. The van der Waals surface area contributed by atoms with Crippen LogP contribution < -0.4 is 15.0 Å². The smallest absolute Gasteiger partial charge is 0.232 e. The highest BCUT2D eigenvalue weighted by Gasteiger charge is 2.22. The summed E-state index contributed by atoms with van der Waals surface area (Å²) in [5, 5.41) is 2.74. The molecule has 0 bridgehead atoms. The SMILES string of the molecule is COCCCNC(=O)CC(=O)N1CCN(c2ccc(OC)cc2)CC1. The number of nitrogens with one attached hydrogen (secondary N) is 1. The molecule has 1 N–H and O–H groups in total. The molecule has 0 aliphatic carbocycles. The van der Waals surface area contributed by atoms with Gasteiger partial charge in [-0.05, 0) is 30.7 Å². The van der Waals surface area contributed by atoms with Crippen LogP contribution in [0.1, 0.15) is 12.8 Å². The molecule has 2 amide bonds. The molecule has 2 rings (SSSR count). The maximum atomic E-state index is 12.2. The first-order chi connectivity index (χ1) is 12.1. The van der Waals surface area contributed by atoms with Crippen molar-refractivity contribution in [1.82, 2.24) is 10.2 Å². The first-order valence-electron chi connectivity index (χ1n) is 8.56. The van der Waals surface area contributed by atoms with Crippen LogP contribution in [0, 0.1) is 0 Å². The van der Waals surface area contributed by atoms with Crippen molar-refractivity contribution in [1.29, 1.82) is 0 Å². The number of ether oxygens (including phenoxy) is 2. The number of methoxy groups -OCH3 is 2. The van der Waals surface area contributed by atoms with Crippen LogP contribution in [0.5, 0.6) is 5.75 Å². The van der Waals surface area contributed by atoms with Crippen LogP contribution >= 0.6 is 0 Å². The van der Waals surface area contributed by atoms with Crippen LogP contribution in [0.15, 0.2) is 24.3 Å². The van der Waals surface area contributed by atoms with Gasteiger partial charge in [0, 0.05) is 52.1 Å². The van der Waals surface area contributed by atoms with Gasteiger partial charge in [-0.25, -0.2) is 0 Å². The van der Waals surface area contributed by atoms with Gasteiger partial charge in [0.1, 0.15) is 12.2 Å². The Labute approximate surface area is 148 Å². The van der Waals surface area contributed by atoms with Crippen LogP contribution in [-0.4, -0.2) is 70.3 Å². The predicted molar refractivity (Wildman–Crippen MR) is 95.9 cm³/mol. The third kappa shape index (κ3) is 5.94. The number of hydrogen-bond donors (Lipinski definition) is 1. The largest absolute Gasteiger partial charge is 0.497 e. The van der Waals surface area contributed by atoms with Crippen molar-refractivity contribution in [3.63, 3.8) is 0 Å². The van der Waals surface area contributed by atoms with E-state index in [9.17, 15) is 9.59 Å². The van der Waals surface area contributed by atoms with E-state index in [1.165, 1.54) is 0 Å². The lowest BCUT2D eigenvalue weighted by Gasteiger charge is -2.36. The molecular weight excluding hydrogens is 322 g/mol. The van der Waals surface area contributed by atoms with Gasteiger partial charge in [-0.3, -0.25) is 9.59 Å². The number of piperazine rings is 1. The van der Waals surface area contributed by atoms with E-state index in [-0.39, 0.29) is 18.2 Å². The molecule has 0 radical (unpaired) electrons. The van der Waals surface area contributed by atoms with Crippen molar-refractivity contribution in [3.8, 4) is 5.75 Å².